The highest BCUT2D eigenvalue weighted by atomic mass is 16.5. The second-order valence-corrected chi connectivity index (χ2v) is 4.98. The van der Waals surface area contributed by atoms with E-state index in [1.54, 1.807) is 0 Å². The van der Waals surface area contributed by atoms with Gasteiger partial charge in [-0.3, -0.25) is 0 Å². The van der Waals surface area contributed by atoms with Gasteiger partial charge in [-0.05, 0) is 62.7 Å². The van der Waals surface area contributed by atoms with Crippen molar-refractivity contribution in [3.63, 3.8) is 0 Å². The third kappa shape index (κ3) is 4.94. The van der Waals surface area contributed by atoms with Crippen LogP contribution in [0.2, 0.25) is 0 Å². The van der Waals surface area contributed by atoms with Crippen molar-refractivity contribution < 1.29 is 4.74 Å². The fourth-order valence-electron chi connectivity index (χ4n) is 2.02. The summed E-state index contributed by atoms with van der Waals surface area (Å²) in [5.74, 6) is 1.63. The molecule has 1 heterocycles. The molecule has 2 aromatic rings. The lowest BCUT2D eigenvalue weighted by molar-refractivity contribution is 0.483. The van der Waals surface area contributed by atoms with Gasteiger partial charge in [-0.1, -0.05) is 18.2 Å². The molecule has 3 heteroatoms. The molecule has 1 atom stereocenters. The van der Waals surface area contributed by atoms with E-state index < -0.39 is 0 Å². The number of rotatable bonds is 2. The first-order valence-electron chi connectivity index (χ1n) is 7.06. The first-order chi connectivity index (χ1) is 9.74. The van der Waals surface area contributed by atoms with Crippen LogP contribution in [0.25, 0.3) is 0 Å². The molecule has 1 fully saturated rings. The fourth-order valence-corrected chi connectivity index (χ4v) is 2.02. The molecule has 0 spiro atoms. The number of ether oxygens (including phenoxy) is 1. The minimum Gasteiger partial charge on any atom is -0.457 e. The number of anilines is 1. The van der Waals surface area contributed by atoms with Gasteiger partial charge in [0.05, 0.1) is 0 Å². The zero-order chi connectivity index (χ0) is 14.2. The molecule has 3 nitrogen and oxygen atoms in total. The van der Waals surface area contributed by atoms with E-state index in [1.807, 2.05) is 54.6 Å². The lowest BCUT2D eigenvalue weighted by atomic mass is 10.3. The topological polar surface area (TPSA) is 47.3 Å². The summed E-state index contributed by atoms with van der Waals surface area (Å²) in [4.78, 5) is 0. The molecule has 2 aromatic carbocycles. The average molecular weight is 270 g/mol. The number of hydrogen-bond acceptors (Lipinski definition) is 3. The summed E-state index contributed by atoms with van der Waals surface area (Å²) in [6, 6.07) is 17.8. The number of para-hydroxylation sites is 1. The largest absolute Gasteiger partial charge is 0.457 e. The standard InChI is InChI=1S/C12H11NO.C5H11N/c13-10-6-8-12(9-7-10)14-11-4-2-1-3-5-11;1-5-3-2-4-6-5/h1-9H,13H2;5-6H,2-4H2,1H3. The van der Waals surface area contributed by atoms with E-state index in [-0.39, 0.29) is 0 Å². The lowest BCUT2D eigenvalue weighted by Crippen LogP contribution is -2.16. The normalized spacial score (nSPS) is 17.1. The summed E-state index contributed by atoms with van der Waals surface area (Å²) in [7, 11) is 0. The van der Waals surface area contributed by atoms with Crippen molar-refractivity contribution in [2.24, 2.45) is 0 Å². The first-order valence-corrected chi connectivity index (χ1v) is 7.06. The lowest BCUT2D eigenvalue weighted by Gasteiger charge is -2.04. The van der Waals surface area contributed by atoms with Gasteiger partial charge in [-0.15, -0.1) is 0 Å². The molecule has 0 radical (unpaired) electrons. The van der Waals surface area contributed by atoms with E-state index in [1.165, 1.54) is 19.4 Å². The van der Waals surface area contributed by atoms with Crippen molar-refractivity contribution in [2.75, 3.05) is 12.3 Å². The molecule has 3 N–H and O–H groups in total. The SMILES string of the molecule is CC1CCCN1.Nc1ccc(Oc2ccccc2)cc1. The van der Waals surface area contributed by atoms with E-state index in [2.05, 4.69) is 12.2 Å². The predicted molar refractivity (Wildman–Crippen MR) is 84.1 cm³/mol. The monoisotopic (exact) mass is 270 g/mol. The molecule has 1 saturated heterocycles. The van der Waals surface area contributed by atoms with Crippen molar-refractivity contribution >= 4 is 5.69 Å². The smallest absolute Gasteiger partial charge is 0.127 e. The Hall–Kier alpha value is -2.00. The van der Waals surface area contributed by atoms with Gasteiger partial charge in [-0.2, -0.15) is 0 Å². The molecule has 1 aliphatic heterocycles. The molecule has 0 aromatic heterocycles. The molecule has 1 aliphatic rings. The van der Waals surface area contributed by atoms with Gasteiger partial charge in [0, 0.05) is 11.7 Å². The molecule has 0 aliphatic carbocycles. The van der Waals surface area contributed by atoms with Crippen LogP contribution < -0.4 is 15.8 Å². The Balaban J connectivity index is 0.000000205. The predicted octanol–water partition coefficient (Wildman–Crippen LogP) is 3.82. The van der Waals surface area contributed by atoms with Crippen LogP contribution >= 0.6 is 0 Å². The summed E-state index contributed by atoms with van der Waals surface area (Å²) < 4.78 is 5.58. The van der Waals surface area contributed by atoms with E-state index in [4.69, 9.17) is 10.5 Å². The van der Waals surface area contributed by atoms with Crippen molar-refractivity contribution in [3.8, 4) is 11.5 Å². The zero-order valence-corrected chi connectivity index (χ0v) is 11.9. The van der Waals surface area contributed by atoms with Crippen molar-refractivity contribution in [1.29, 1.82) is 0 Å². The van der Waals surface area contributed by atoms with Crippen molar-refractivity contribution in [1.82, 2.24) is 5.32 Å². The van der Waals surface area contributed by atoms with Crippen LogP contribution in [-0.2, 0) is 0 Å². The van der Waals surface area contributed by atoms with E-state index in [0.29, 0.717) is 0 Å². The highest BCUT2D eigenvalue weighted by Gasteiger charge is 2.05. The Kier molecular flexibility index (Phi) is 5.44. The molecule has 20 heavy (non-hydrogen) atoms. The Morgan fingerprint density at radius 3 is 2.15 bits per heavy atom. The van der Waals surface area contributed by atoms with Crippen LogP contribution in [0.1, 0.15) is 19.8 Å². The molecule has 0 amide bonds. The second-order valence-electron chi connectivity index (χ2n) is 4.98. The number of nitrogen functional groups attached to an aromatic ring is 1. The summed E-state index contributed by atoms with van der Waals surface area (Å²) >= 11 is 0. The average Bonchev–Trinajstić information content (AvgIpc) is 2.94. The van der Waals surface area contributed by atoms with Gasteiger partial charge < -0.3 is 15.8 Å². The zero-order valence-electron chi connectivity index (χ0n) is 11.9. The number of nitrogens with two attached hydrogens (primary N) is 1. The summed E-state index contributed by atoms with van der Waals surface area (Å²) in [5.41, 5.74) is 6.31. The molecule has 0 bridgehead atoms. The van der Waals surface area contributed by atoms with Crippen LogP contribution in [0.4, 0.5) is 5.69 Å². The Morgan fingerprint density at radius 1 is 1.00 bits per heavy atom. The fraction of sp³-hybridized carbons (Fsp3) is 0.294. The second kappa shape index (κ2) is 7.56. The Labute approximate surface area is 120 Å². The van der Waals surface area contributed by atoms with Crippen LogP contribution in [0, 0.1) is 0 Å². The van der Waals surface area contributed by atoms with Crippen LogP contribution in [0.5, 0.6) is 11.5 Å². The van der Waals surface area contributed by atoms with Gasteiger partial charge in [0.1, 0.15) is 11.5 Å². The minimum absolute atomic E-state index is 0.741. The molecular formula is C17H22N2O. The van der Waals surface area contributed by atoms with E-state index in [9.17, 15) is 0 Å². The van der Waals surface area contributed by atoms with Crippen LogP contribution in [0.3, 0.4) is 0 Å². The Morgan fingerprint density at radius 2 is 1.65 bits per heavy atom. The van der Waals surface area contributed by atoms with Gasteiger partial charge in [0.2, 0.25) is 0 Å². The third-order valence-electron chi connectivity index (χ3n) is 3.17. The minimum atomic E-state index is 0.741. The van der Waals surface area contributed by atoms with Gasteiger partial charge in [-0.25, -0.2) is 0 Å². The first kappa shape index (κ1) is 14.4. The maximum atomic E-state index is 5.58. The summed E-state index contributed by atoms with van der Waals surface area (Å²) in [6.45, 7) is 3.47. The van der Waals surface area contributed by atoms with E-state index in [0.717, 1.165) is 23.2 Å². The summed E-state index contributed by atoms with van der Waals surface area (Å²) in [6.07, 6.45) is 2.75. The highest BCUT2D eigenvalue weighted by Crippen LogP contribution is 2.21. The summed E-state index contributed by atoms with van der Waals surface area (Å²) in [5, 5.41) is 3.32. The maximum absolute atomic E-state index is 5.58. The van der Waals surface area contributed by atoms with Crippen molar-refractivity contribution in [3.05, 3.63) is 54.6 Å². The van der Waals surface area contributed by atoms with Gasteiger partial charge in [0.15, 0.2) is 0 Å². The molecule has 0 saturated carbocycles. The highest BCUT2D eigenvalue weighted by molar-refractivity contribution is 5.42. The number of hydrogen-bond donors (Lipinski definition) is 2. The van der Waals surface area contributed by atoms with Crippen LogP contribution in [0.15, 0.2) is 54.6 Å². The maximum Gasteiger partial charge on any atom is 0.127 e. The molecule has 106 valence electrons. The number of nitrogens with one attached hydrogen (secondary N) is 1. The third-order valence-corrected chi connectivity index (χ3v) is 3.17. The van der Waals surface area contributed by atoms with Gasteiger partial charge >= 0.3 is 0 Å². The molecular weight excluding hydrogens is 248 g/mol. The molecule has 3 rings (SSSR count). The van der Waals surface area contributed by atoms with Crippen LogP contribution in [-0.4, -0.2) is 12.6 Å². The van der Waals surface area contributed by atoms with E-state index >= 15 is 0 Å². The molecule has 1 unspecified atom stereocenters. The Bertz CT molecular complexity index is 490. The quantitative estimate of drug-likeness (QED) is 0.816. The number of benzene rings is 2. The van der Waals surface area contributed by atoms with Crippen molar-refractivity contribution in [2.45, 2.75) is 25.8 Å². The van der Waals surface area contributed by atoms with Gasteiger partial charge in [0.25, 0.3) is 0 Å².